The van der Waals surface area contributed by atoms with Crippen LogP contribution in [0.4, 0.5) is 0 Å². The standard InChI is InChI=1S/C46H32N6O2/c1-2-30-28-49-46(50-29-30)31-23-34(53-32-17-19-38-36-11-3-5-13-40(36)51(42(38)26-32)44-15-7-9-21-47-44)25-35(24-31)54-33-18-20-39-37-12-4-6-14-41(37)52(43(39)27-33)45-16-8-10-22-48-45/h3-29H,2H2,1H3. The Kier molecular flexibility index (Phi) is 7.58. The molecule has 0 aliphatic rings. The maximum Gasteiger partial charge on any atom is 0.159 e. The Morgan fingerprint density at radius 3 is 1.41 bits per heavy atom. The lowest BCUT2D eigenvalue weighted by Gasteiger charge is -2.13. The molecule has 8 nitrogen and oxygen atoms in total. The fourth-order valence-electron chi connectivity index (χ4n) is 7.27. The van der Waals surface area contributed by atoms with Crippen molar-refractivity contribution in [2.45, 2.75) is 13.3 Å². The van der Waals surface area contributed by atoms with Crippen molar-refractivity contribution in [2.24, 2.45) is 0 Å². The largest absolute Gasteiger partial charge is 0.457 e. The molecule has 0 N–H and O–H groups in total. The summed E-state index contributed by atoms with van der Waals surface area (Å²) in [5, 5.41) is 4.52. The van der Waals surface area contributed by atoms with Gasteiger partial charge in [0.25, 0.3) is 0 Å². The Bertz CT molecular complexity index is 2800. The molecule has 0 unspecified atom stereocenters. The van der Waals surface area contributed by atoms with Crippen LogP contribution < -0.4 is 9.47 Å². The normalized spacial score (nSPS) is 11.5. The van der Waals surface area contributed by atoms with E-state index >= 15 is 0 Å². The van der Waals surface area contributed by atoms with E-state index < -0.39 is 0 Å². The predicted octanol–water partition coefficient (Wildman–Crippen LogP) is 11.3. The summed E-state index contributed by atoms with van der Waals surface area (Å²) in [4.78, 5) is 18.8. The van der Waals surface area contributed by atoms with Crippen LogP contribution in [0.5, 0.6) is 23.0 Å². The highest BCUT2D eigenvalue weighted by Gasteiger charge is 2.17. The number of nitrogens with zero attached hydrogens (tertiary/aromatic N) is 6. The zero-order valence-electron chi connectivity index (χ0n) is 29.3. The molecule has 0 saturated heterocycles. The molecule has 5 aromatic carbocycles. The second kappa shape index (κ2) is 13.0. The van der Waals surface area contributed by atoms with E-state index in [1.807, 2.05) is 91.5 Å². The van der Waals surface area contributed by atoms with Gasteiger partial charge in [-0.2, -0.15) is 0 Å². The van der Waals surface area contributed by atoms with Gasteiger partial charge in [-0.15, -0.1) is 0 Å². The van der Waals surface area contributed by atoms with Gasteiger partial charge in [-0.3, -0.25) is 9.13 Å². The number of aromatic nitrogens is 6. The Morgan fingerprint density at radius 1 is 0.444 bits per heavy atom. The van der Waals surface area contributed by atoms with Gasteiger partial charge in [-0.25, -0.2) is 19.9 Å². The van der Waals surface area contributed by atoms with Crippen molar-refractivity contribution in [3.8, 4) is 46.0 Å². The van der Waals surface area contributed by atoms with Crippen LogP contribution in [0.1, 0.15) is 12.5 Å². The maximum absolute atomic E-state index is 6.66. The molecule has 0 aliphatic heterocycles. The van der Waals surface area contributed by atoms with Gasteiger partial charge in [-0.05, 0) is 84.8 Å². The van der Waals surface area contributed by atoms with Crippen molar-refractivity contribution < 1.29 is 9.47 Å². The number of benzene rings is 5. The van der Waals surface area contributed by atoms with Crippen molar-refractivity contribution in [1.29, 1.82) is 0 Å². The van der Waals surface area contributed by atoms with Gasteiger partial charge in [0.05, 0.1) is 22.1 Å². The molecule has 5 aromatic heterocycles. The van der Waals surface area contributed by atoms with E-state index in [0.29, 0.717) is 28.8 Å². The fraction of sp³-hybridized carbons (Fsp3) is 0.0435. The summed E-state index contributed by atoms with van der Waals surface area (Å²) in [6.07, 6.45) is 8.21. The smallest absolute Gasteiger partial charge is 0.159 e. The molecule has 0 radical (unpaired) electrons. The van der Waals surface area contributed by atoms with Crippen molar-refractivity contribution in [3.63, 3.8) is 0 Å². The SMILES string of the molecule is CCc1cnc(-c2cc(Oc3ccc4c5ccccc5n(-c5ccccn5)c4c3)cc(Oc3ccc4c5ccccc5n(-c5ccccn5)c4c3)c2)nc1. The quantitative estimate of drug-likeness (QED) is 0.157. The molecule has 8 heteroatoms. The molecule has 0 fully saturated rings. The third-order valence-electron chi connectivity index (χ3n) is 9.77. The molecule has 0 amide bonds. The second-order valence-corrected chi connectivity index (χ2v) is 13.1. The molecule has 54 heavy (non-hydrogen) atoms. The van der Waals surface area contributed by atoms with Crippen molar-refractivity contribution in [1.82, 2.24) is 29.1 Å². The number of rotatable bonds is 8. The average molecular weight is 701 g/mol. The monoisotopic (exact) mass is 700 g/mol. The van der Waals surface area contributed by atoms with Crippen LogP contribution in [0.15, 0.2) is 164 Å². The third-order valence-corrected chi connectivity index (χ3v) is 9.77. The van der Waals surface area contributed by atoms with Gasteiger partial charge in [0.15, 0.2) is 5.82 Å². The molecule has 10 aromatic rings. The number of pyridine rings is 2. The van der Waals surface area contributed by atoms with E-state index in [4.69, 9.17) is 19.4 Å². The van der Waals surface area contributed by atoms with Crippen LogP contribution in [0.3, 0.4) is 0 Å². The van der Waals surface area contributed by atoms with Crippen LogP contribution in [-0.2, 0) is 6.42 Å². The first-order valence-corrected chi connectivity index (χ1v) is 17.9. The van der Waals surface area contributed by atoms with Gasteiger partial charge in [0.1, 0.15) is 34.6 Å². The van der Waals surface area contributed by atoms with E-state index in [0.717, 1.165) is 72.8 Å². The molecule has 0 atom stereocenters. The van der Waals surface area contributed by atoms with Crippen molar-refractivity contribution in [2.75, 3.05) is 0 Å². The second-order valence-electron chi connectivity index (χ2n) is 13.1. The maximum atomic E-state index is 6.66. The molecule has 0 bridgehead atoms. The first kappa shape index (κ1) is 31.4. The first-order valence-electron chi connectivity index (χ1n) is 17.9. The summed E-state index contributed by atoms with van der Waals surface area (Å²) < 4.78 is 17.7. The highest BCUT2D eigenvalue weighted by Crippen LogP contribution is 2.39. The summed E-state index contributed by atoms with van der Waals surface area (Å²) in [5.74, 6) is 4.79. The molecule has 5 heterocycles. The highest BCUT2D eigenvalue weighted by molar-refractivity contribution is 6.10. The first-order chi connectivity index (χ1) is 26.7. The lowest BCUT2D eigenvalue weighted by atomic mass is 10.1. The molecule has 10 rings (SSSR count). The number of para-hydroxylation sites is 2. The van der Waals surface area contributed by atoms with Crippen LogP contribution in [0.2, 0.25) is 0 Å². The molecule has 0 spiro atoms. The van der Waals surface area contributed by atoms with Gasteiger partial charge >= 0.3 is 0 Å². The highest BCUT2D eigenvalue weighted by atomic mass is 16.5. The van der Waals surface area contributed by atoms with E-state index in [9.17, 15) is 0 Å². The molecular weight excluding hydrogens is 669 g/mol. The topological polar surface area (TPSA) is 79.9 Å². The van der Waals surface area contributed by atoms with Crippen LogP contribution in [0, 0.1) is 0 Å². The van der Waals surface area contributed by atoms with Gasteiger partial charge in [-0.1, -0.05) is 55.5 Å². The Labute approximate surface area is 310 Å². The number of aryl methyl sites for hydroxylation is 1. The zero-order valence-corrected chi connectivity index (χ0v) is 29.3. The van der Waals surface area contributed by atoms with E-state index in [1.54, 1.807) is 0 Å². The van der Waals surface area contributed by atoms with Crippen LogP contribution >= 0.6 is 0 Å². The number of ether oxygens (including phenoxy) is 2. The summed E-state index contributed by atoms with van der Waals surface area (Å²) in [6.45, 7) is 2.09. The minimum absolute atomic E-state index is 0.582. The number of hydrogen-bond acceptors (Lipinski definition) is 6. The van der Waals surface area contributed by atoms with Crippen LogP contribution in [-0.4, -0.2) is 29.1 Å². The van der Waals surface area contributed by atoms with Crippen molar-refractivity contribution >= 4 is 43.6 Å². The van der Waals surface area contributed by atoms with Gasteiger partial charge in [0.2, 0.25) is 0 Å². The van der Waals surface area contributed by atoms with Crippen LogP contribution in [0.25, 0.3) is 66.6 Å². The summed E-state index contributed by atoms with van der Waals surface area (Å²) in [5.41, 5.74) is 5.99. The predicted molar refractivity (Wildman–Crippen MR) is 214 cm³/mol. The third kappa shape index (κ3) is 5.48. The minimum Gasteiger partial charge on any atom is -0.457 e. The van der Waals surface area contributed by atoms with Gasteiger partial charge in [0, 0.05) is 70.1 Å². The van der Waals surface area contributed by atoms with Gasteiger partial charge < -0.3 is 9.47 Å². The number of fused-ring (bicyclic) bond motifs is 6. The summed E-state index contributed by atoms with van der Waals surface area (Å²) >= 11 is 0. The Balaban J connectivity index is 1.08. The Morgan fingerprint density at radius 2 is 0.926 bits per heavy atom. The fourth-order valence-corrected chi connectivity index (χ4v) is 7.27. The molecule has 0 aliphatic carbocycles. The Hall–Kier alpha value is -7.32. The zero-order chi connectivity index (χ0) is 36.0. The number of hydrogen-bond donors (Lipinski definition) is 0. The van der Waals surface area contributed by atoms with E-state index in [-0.39, 0.29) is 0 Å². The van der Waals surface area contributed by atoms with E-state index in [1.165, 1.54) is 0 Å². The summed E-state index contributed by atoms with van der Waals surface area (Å²) in [6, 6.07) is 46.8. The lowest BCUT2D eigenvalue weighted by molar-refractivity contribution is 0.461. The average Bonchev–Trinajstić information content (AvgIpc) is 3.73. The molecular formula is C46H32N6O2. The lowest BCUT2D eigenvalue weighted by Crippen LogP contribution is -1.97. The van der Waals surface area contributed by atoms with E-state index in [2.05, 4.69) is 98.8 Å². The van der Waals surface area contributed by atoms with Crippen molar-refractivity contribution in [3.05, 3.63) is 170 Å². The minimum atomic E-state index is 0.582. The summed E-state index contributed by atoms with van der Waals surface area (Å²) in [7, 11) is 0. The molecule has 0 saturated carbocycles. The molecule has 258 valence electrons.